The minimum atomic E-state index is -2.58. The average molecular weight is 606 g/mol. The van der Waals surface area contributed by atoms with Crippen molar-refractivity contribution in [1.29, 1.82) is 0 Å². The molecule has 0 N–H and O–H groups in total. The molecule has 0 aliphatic carbocycles. The topological polar surface area (TPSA) is 21.7 Å². The molecular formula is C40H51NO2Si. The van der Waals surface area contributed by atoms with Gasteiger partial charge in [-0.05, 0) is 51.5 Å². The summed E-state index contributed by atoms with van der Waals surface area (Å²) in [6, 6.07) is 37.0. The minimum absolute atomic E-state index is 0.0456. The summed E-state index contributed by atoms with van der Waals surface area (Å²) >= 11 is 0. The summed E-state index contributed by atoms with van der Waals surface area (Å²) < 4.78 is 13.0. The maximum absolute atomic E-state index is 7.13. The molecule has 0 saturated carbocycles. The van der Waals surface area contributed by atoms with Crippen LogP contribution in [0.1, 0.15) is 77.0 Å². The third kappa shape index (κ3) is 8.10. The SMILES string of the molecule is CCCCN(CCCC)c1ccc(/C=C/c2ccc(CO[Si](c3ccccc3)(c3ccccc3)C(C)(C)C)cc2)c(OC)c1. The number of anilines is 1. The molecule has 0 aliphatic rings. The van der Waals surface area contributed by atoms with Crippen LogP contribution >= 0.6 is 0 Å². The van der Waals surface area contributed by atoms with Gasteiger partial charge < -0.3 is 14.1 Å². The molecule has 0 aliphatic heterocycles. The summed E-state index contributed by atoms with van der Waals surface area (Å²) in [5, 5.41) is 2.56. The van der Waals surface area contributed by atoms with Crippen LogP contribution in [0.4, 0.5) is 5.69 Å². The van der Waals surface area contributed by atoms with Crippen LogP contribution in [0.15, 0.2) is 103 Å². The van der Waals surface area contributed by atoms with Gasteiger partial charge in [-0.25, -0.2) is 0 Å². The van der Waals surface area contributed by atoms with Crippen LogP contribution in [0.5, 0.6) is 5.75 Å². The second kappa shape index (κ2) is 15.9. The van der Waals surface area contributed by atoms with Crippen LogP contribution in [0.2, 0.25) is 5.04 Å². The number of benzene rings is 4. The summed E-state index contributed by atoms with van der Waals surface area (Å²) in [6.07, 6.45) is 9.12. The Labute approximate surface area is 267 Å². The number of hydrogen-bond donors (Lipinski definition) is 0. The molecule has 232 valence electrons. The van der Waals surface area contributed by atoms with Gasteiger partial charge in [-0.15, -0.1) is 0 Å². The third-order valence-electron chi connectivity index (χ3n) is 8.45. The molecule has 0 radical (unpaired) electrons. The Balaban J connectivity index is 1.52. The Morgan fingerprint density at radius 2 is 1.27 bits per heavy atom. The lowest BCUT2D eigenvalue weighted by atomic mass is 10.1. The molecule has 0 fully saturated rings. The normalized spacial score (nSPS) is 12.0. The van der Waals surface area contributed by atoms with Crippen molar-refractivity contribution in [2.45, 2.75) is 71.9 Å². The maximum atomic E-state index is 7.13. The number of rotatable bonds is 15. The first-order chi connectivity index (χ1) is 21.3. The summed E-state index contributed by atoms with van der Waals surface area (Å²) in [6.45, 7) is 14.2. The fraction of sp³-hybridized carbons (Fsp3) is 0.350. The average Bonchev–Trinajstić information content (AvgIpc) is 3.05. The highest BCUT2D eigenvalue weighted by molar-refractivity contribution is 6.99. The van der Waals surface area contributed by atoms with E-state index in [1.807, 2.05) is 0 Å². The molecular weight excluding hydrogens is 555 g/mol. The van der Waals surface area contributed by atoms with Crippen molar-refractivity contribution < 1.29 is 9.16 Å². The van der Waals surface area contributed by atoms with Gasteiger partial charge in [0.25, 0.3) is 8.32 Å². The lowest BCUT2D eigenvalue weighted by Gasteiger charge is -2.43. The molecule has 4 heteroatoms. The standard InChI is InChI=1S/C40H51NO2Si/c1-7-9-29-41(30-10-8-2)36-28-27-35(39(31-36)42-6)26-25-33-21-23-34(24-22-33)32-43-44(40(3,4)5,37-17-13-11-14-18-37)38-19-15-12-16-20-38/h11-28,31H,7-10,29-30,32H2,1-6H3/b26-25+. The lowest BCUT2D eigenvalue weighted by Crippen LogP contribution is -2.66. The van der Waals surface area contributed by atoms with E-state index in [4.69, 9.17) is 9.16 Å². The van der Waals surface area contributed by atoms with Gasteiger partial charge in [0.05, 0.1) is 13.7 Å². The number of methoxy groups -OCH3 is 1. The largest absolute Gasteiger partial charge is 0.496 e. The molecule has 0 heterocycles. The number of unbranched alkanes of at least 4 members (excludes halogenated alkanes) is 2. The Hall–Kier alpha value is -3.60. The lowest BCUT2D eigenvalue weighted by molar-refractivity contribution is 0.286. The van der Waals surface area contributed by atoms with Gasteiger partial charge in [0, 0.05) is 30.4 Å². The van der Waals surface area contributed by atoms with E-state index < -0.39 is 8.32 Å². The number of hydrogen-bond acceptors (Lipinski definition) is 3. The van der Waals surface area contributed by atoms with E-state index in [2.05, 4.69) is 155 Å². The van der Waals surface area contributed by atoms with Crippen LogP contribution < -0.4 is 20.0 Å². The Morgan fingerprint density at radius 3 is 1.77 bits per heavy atom. The van der Waals surface area contributed by atoms with Gasteiger partial charge in [0.1, 0.15) is 5.75 Å². The molecule has 0 spiro atoms. The van der Waals surface area contributed by atoms with E-state index in [0.29, 0.717) is 6.61 Å². The molecule has 44 heavy (non-hydrogen) atoms. The molecule has 4 aromatic carbocycles. The first-order valence-electron chi connectivity index (χ1n) is 16.3. The smallest absolute Gasteiger partial charge is 0.261 e. The van der Waals surface area contributed by atoms with Crippen molar-refractivity contribution in [2.24, 2.45) is 0 Å². The van der Waals surface area contributed by atoms with Crippen molar-refractivity contribution >= 4 is 36.5 Å². The van der Waals surface area contributed by atoms with Crippen LogP contribution in [0, 0.1) is 0 Å². The third-order valence-corrected chi connectivity index (χ3v) is 13.4. The van der Waals surface area contributed by atoms with E-state index in [0.717, 1.165) is 30.0 Å². The van der Waals surface area contributed by atoms with Crippen LogP contribution in [-0.4, -0.2) is 28.5 Å². The highest BCUT2D eigenvalue weighted by Gasteiger charge is 2.50. The van der Waals surface area contributed by atoms with Gasteiger partial charge in [-0.1, -0.05) is 145 Å². The molecule has 0 unspecified atom stereocenters. The van der Waals surface area contributed by atoms with Gasteiger partial charge >= 0.3 is 0 Å². The minimum Gasteiger partial charge on any atom is -0.496 e. The maximum Gasteiger partial charge on any atom is 0.261 e. The number of ether oxygens (including phenoxy) is 1. The molecule has 4 rings (SSSR count). The van der Waals surface area contributed by atoms with Crippen molar-refractivity contribution in [3.63, 3.8) is 0 Å². The first kappa shape index (κ1) is 33.3. The fourth-order valence-corrected chi connectivity index (χ4v) is 10.5. The van der Waals surface area contributed by atoms with Gasteiger partial charge in [0.15, 0.2) is 0 Å². The molecule has 0 aromatic heterocycles. The molecule has 4 aromatic rings. The van der Waals surface area contributed by atoms with Gasteiger partial charge in [-0.2, -0.15) is 0 Å². The van der Waals surface area contributed by atoms with Crippen molar-refractivity contribution in [2.75, 3.05) is 25.1 Å². The van der Waals surface area contributed by atoms with Crippen molar-refractivity contribution in [3.8, 4) is 5.75 Å². The van der Waals surface area contributed by atoms with E-state index in [9.17, 15) is 0 Å². The highest BCUT2D eigenvalue weighted by atomic mass is 28.4. The van der Waals surface area contributed by atoms with Gasteiger partial charge in [-0.3, -0.25) is 0 Å². The summed E-state index contributed by atoms with van der Waals surface area (Å²) in [5.74, 6) is 0.909. The van der Waals surface area contributed by atoms with Crippen molar-refractivity contribution in [1.82, 2.24) is 0 Å². The number of nitrogens with zero attached hydrogens (tertiary/aromatic N) is 1. The predicted octanol–water partition coefficient (Wildman–Crippen LogP) is 9.35. The monoisotopic (exact) mass is 605 g/mol. The van der Waals surface area contributed by atoms with Crippen LogP contribution in [0.25, 0.3) is 12.2 Å². The van der Waals surface area contributed by atoms with Crippen LogP contribution in [0.3, 0.4) is 0 Å². The molecule has 0 saturated heterocycles. The zero-order valence-corrected chi connectivity index (χ0v) is 28.7. The second-order valence-corrected chi connectivity index (χ2v) is 17.0. The molecule has 0 amide bonds. The zero-order valence-electron chi connectivity index (χ0n) is 27.7. The summed E-state index contributed by atoms with van der Waals surface area (Å²) in [7, 11) is -0.812. The fourth-order valence-electron chi connectivity index (χ4n) is 5.97. The summed E-state index contributed by atoms with van der Waals surface area (Å²) in [5.41, 5.74) is 4.65. The highest BCUT2D eigenvalue weighted by Crippen LogP contribution is 2.37. The molecule has 3 nitrogen and oxygen atoms in total. The van der Waals surface area contributed by atoms with E-state index in [1.54, 1.807) is 7.11 Å². The first-order valence-corrected chi connectivity index (χ1v) is 18.2. The molecule has 0 bridgehead atoms. The quantitative estimate of drug-likeness (QED) is 0.0995. The zero-order chi connectivity index (χ0) is 31.4. The predicted molar refractivity (Wildman–Crippen MR) is 193 cm³/mol. The van der Waals surface area contributed by atoms with Crippen molar-refractivity contribution in [3.05, 3.63) is 120 Å². The van der Waals surface area contributed by atoms with Gasteiger partial charge in [0.2, 0.25) is 0 Å². The second-order valence-electron chi connectivity index (χ2n) is 12.6. The van der Waals surface area contributed by atoms with E-state index >= 15 is 0 Å². The molecule has 0 atom stereocenters. The van der Waals surface area contributed by atoms with E-state index in [-0.39, 0.29) is 5.04 Å². The Kier molecular flexibility index (Phi) is 12.0. The Morgan fingerprint density at radius 1 is 0.705 bits per heavy atom. The van der Waals surface area contributed by atoms with Crippen LogP contribution in [-0.2, 0) is 11.0 Å². The summed E-state index contributed by atoms with van der Waals surface area (Å²) in [4.78, 5) is 2.50. The van der Waals surface area contributed by atoms with E-state index in [1.165, 1.54) is 47.3 Å². The Bertz CT molecular complexity index is 1400.